The van der Waals surface area contributed by atoms with E-state index in [1.165, 1.54) is 60.5 Å². The maximum absolute atomic E-state index is 14.3. The molecule has 3 aromatic heterocycles. The summed E-state index contributed by atoms with van der Waals surface area (Å²) in [5.74, 6) is -0.981. The zero-order chi connectivity index (χ0) is 22.6. The maximum atomic E-state index is 14.3. The minimum atomic E-state index is -1.18. The molecule has 31 heavy (non-hydrogen) atoms. The van der Waals surface area contributed by atoms with Crippen LogP contribution in [0.4, 0.5) is 14.7 Å². The Bertz CT molecular complexity index is 1130. The Kier molecular flexibility index (Phi) is 6.38. The molecule has 3 rings (SSSR count). The zero-order valence-corrected chi connectivity index (χ0v) is 17.0. The largest absolute Gasteiger partial charge is 0.366 e. The second-order valence-corrected chi connectivity index (χ2v) is 7.49. The molecule has 0 aromatic carbocycles. The number of rotatable bonds is 8. The van der Waals surface area contributed by atoms with Gasteiger partial charge in [-0.05, 0) is 31.5 Å². The van der Waals surface area contributed by atoms with Crippen LogP contribution in [0, 0.1) is 5.82 Å². The molecule has 0 radical (unpaired) electrons. The minimum absolute atomic E-state index is 0.0430. The van der Waals surface area contributed by atoms with Crippen LogP contribution in [-0.2, 0) is 5.41 Å². The van der Waals surface area contributed by atoms with Crippen molar-refractivity contribution in [2.75, 3.05) is 11.9 Å². The number of pyridine rings is 2. The quantitative estimate of drug-likeness (QED) is 0.569. The number of anilines is 1. The number of nitrogens with one attached hydrogen (secondary N) is 1. The van der Waals surface area contributed by atoms with E-state index in [1.807, 2.05) is 0 Å². The Morgan fingerprint density at radius 2 is 1.97 bits per heavy atom. The molecule has 3 heterocycles. The number of primary amides is 1. The number of carbonyl (C=O) groups excluding carboxylic acids is 1. The fourth-order valence-electron chi connectivity index (χ4n) is 3.35. The zero-order valence-electron chi connectivity index (χ0n) is 17.0. The molecule has 3 aromatic rings. The first-order valence-corrected chi connectivity index (χ1v) is 9.53. The van der Waals surface area contributed by atoms with Crippen molar-refractivity contribution in [3.05, 3.63) is 76.5 Å². The van der Waals surface area contributed by atoms with Crippen molar-refractivity contribution in [2.24, 2.45) is 5.73 Å². The Labute approximate surface area is 177 Å². The Morgan fingerprint density at radius 1 is 1.26 bits per heavy atom. The number of alkyl halides is 1. The highest BCUT2D eigenvalue weighted by Gasteiger charge is 2.33. The average Bonchev–Trinajstić information content (AvgIpc) is 2.73. The van der Waals surface area contributed by atoms with Crippen LogP contribution in [0.5, 0.6) is 0 Å². The van der Waals surface area contributed by atoms with Crippen molar-refractivity contribution in [3.63, 3.8) is 0 Å². The van der Waals surface area contributed by atoms with Gasteiger partial charge in [0.15, 0.2) is 0 Å². The van der Waals surface area contributed by atoms with Crippen molar-refractivity contribution in [1.82, 2.24) is 19.5 Å². The number of amides is 1. The topological polar surface area (TPSA) is 116 Å². The van der Waals surface area contributed by atoms with Gasteiger partial charge in [0.2, 0.25) is 11.9 Å². The molecule has 0 aliphatic rings. The summed E-state index contributed by atoms with van der Waals surface area (Å²) in [5, 5.41) is 2.98. The lowest BCUT2D eigenvalue weighted by Crippen LogP contribution is -2.36. The predicted octanol–water partition coefficient (Wildman–Crippen LogP) is 2.38. The average molecular weight is 428 g/mol. The molecule has 10 heteroatoms. The lowest BCUT2D eigenvalue weighted by atomic mass is 9.81. The maximum Gasteiger partial charge on any atom is 0.255 e. The highest BCUT2D eigenvalue weighted by atomic mass is 19.1. The number of aromatic nitrogens is 4. The summed E-state index contributed by atoms with van der Waals surface area (Å²) in [4.78, 5) is 35.9. The van der Waals surface area contributed by atoms with Crippen LogP contribution in [-0.4, -0.2) is 38.1 Å². The first-order valence-electron chi connectivity index (χ1n) is 9.53. The van der Waals surface area contributed by atoms with Crippen molar-refractivity contribution in [3.8, 4) is 5.69 Å². The second kappa shape index (κ2) is 8.99. The summed E-state index contributed by atoms with van der Waals surface area (Å²) >= 11 is 0. The standard InChI is InChI=1S/C21H22F2N6O2/c1-13(22)8-21(2,18-16(23)4-3-7-25-18)12-28-20-26-9-15(10-27-20)29-11-14(19(24)31)5-6-17(29)30/h3-7,9-11,13H,8,12H2,1-2H3,(H2,24,31)(H,26,27,28)/t13-,21-/m1/s1. The summed E-state index contributed by atoms with van der Waals surface area (Å²) < 4.78 is 29.3. The van der Waals surface area contributed by atoms with E-state index in [4.69, 9.17) is 5.73 Å². The first-order chi connectivity index (χ1) is 14.7. The molecule has 1 amide bonds. The van der Waals surface area contributed by atoms with E-state index in [0.29, 0.717) is 5.69 Å². The number of carbonyl (C=O) groups is 1. The third kappa shape index (κ3) is 5.08. The second-order valence-electron chi connectivity index (χ2n) is 7.49. The number of nitrogens with two attached hydrogens (primary N) is 1. The first kappa shape index (κ1) is 22.0. The number of halogens is 2. The lowest BCUT2D eigenvalue weighted by molar-refractivity contribution is 0.0999. The van der Waals surface area contributed by atoms with Crippen LogP contribution in [0.1, 0.15) is 36.3 Å². The van der Waals surface area contributed by atoms with E-state index < -0.39 is 23.3 Å². The van der Waals surface area contributed by atoms with Crippen LogP contribution in [0.15, 0.2) is 53.8 Å². The van der Waals surface area contributed by atoms with Gasteiger partial charge in [-0.25, -0.2) is 18.7 Å². The van der Waals surface area contributed by atoms with Gasteiger partial charge in [-0.15, -0.1) is 0 Å². The highest BCUT2D eigenvalue weighted by molar-refractivity contribution is 5.92. The van der Waals surface area contributed by atoms with E-state index in [2.05, 4.69) is 20.3 Å². The summed E-state index contributed by atoms with van der Waals surface area (Å²) in [6.07, 6.45) is 4.40. The monoisotopic (exact) mass is 428 g/mol. The molecule has 0 unspecified atom stereocenters. The Morgan fingerprint density at radius 3 is 2.58 bits per heavy atom. The van der Waals surface area contributed by atoms with Crippen LogP contribution in [0.25, 0.3) is 5.69 Å². The minimum Gasteiger partial charge on any atom is -0.366 e. The normalized spacial score (nSPS) is 13.9. The lowest BCUT2D eigenvalue weighted by Gasteiger charge is -2.30. The van der Waals surface area contributed by atoms with Gasteiger partial charge in [0.05, 0.1) is 35.5 Å². The molecule has 0 saturated heterocycles. The predicted molar refractivity (Wildman–Crippen MR) is 111 cm³/mol. The fraction of sp³-hybridized carbons (Fsp3) is 0.286. The molecule has 8 nitrogen and oxygen atoms in total. The van der Waals surface area contributed by atoms with E-state index in [1.54, 1.807) is 6.92 Å². The van der Waals surface area contributed by atoms with Gasteiger partial charge < -0.3 is 11.1 Å². The number of hydrogen-bond donors (Lipinski definition) is 2. The Balaban J connectivity index is 1.82. The smallest absolute Gasteiger partial charge is 0.255 e. The van der Waals surface area contributed by atoms with Crippen LogP contribution in [0.3, 0.4) is 0 Å². The summed E-state index contributed by atoms with van der Waals surface area (Å²) in [5.41, 5.74) is 4.56. The van der Waals surface area contributed by atoms with Gasteiger partial charge in [0.1, 0.15) is 5.82 Å². The van der Waals surface area contributed by atoms with Gasteiger partial charge in [0.25, 0.3) is 5.56 Å². The molecule has 0 saturated carbocycles. The van der Waals surface area contributed by atoms with E-state index >= 15 is 0 Å². The van der Waals surface area contributed by atoms with Crippen LogP contribution < -0.4 is 16.6 Å². The van der Waals surface area contributed by atoms with Gasteiger partial charge >= 0.3 is 0 Å². The van der Waals surface area contributed by atoms with E-state index in [-0.39, 0.29) is 35.7 Å². The van der Waals surface area contributed by atoms with Crippen LogP contribution in [0.2, 0.25) is 0 Å². The third-order valence-electron chi connectivity index (χ3n) is 4.81. The third-order valence-corrected chi connectivity index (χ3v) is 4.81. The summed E-state index contributed by atoms with van der Waals surface area (Å²) in [6.45, 7) is 3.25. The molecule has 0 bridgehead atoms. The van der Waals surface area contributed by atoms with Crippen molar-refractivity contribution >= 4 is 11.9 Å². The molecule has 0 spiro atoms. The highest BCUT2D eigenvalue weighted by Crippen LogP contribution is 2.30. The van der Waals surface area contributed by atoms with Crippen molar-refractivity contribution in [2.45, 2.75) is 31.9 Å². The van der Waals surface area contributed by atoms with Gasteiger partial charge in [0, 0.05) is 30.4 Å². The van der Waals surface area contributed by atoms with Gasteiger partial charge in [-0.3, -0.25) is 19.1 Å². The molecule has 3 N–H and O–H groups in total. The molecule has 0 aliphatic heterocycles. The van der Waals surface area contributed by atoms with Crippen LogP contribution >= 0.6 is 0 Å². The van der Waals surface area contributed by atoms with Gasteiger partial charge in [-0.1, -0.05) is 6.92 Å². The fourth-order valence-corrected chi connectivity index (χ4v) is 3.35. The number of nitrogens with zero attached hydrogens (tertiary/aromatic N) is 4. The molecular formula is C21H22F2N6O2. The Hall–Kier alpha value is -3.69. The van der Waals surface area contributed by atoms with Crippen molar-refractivity contribution in [1.29, 1.82) is 0 Å². The van der Waals surface area contributed by atoms with E-state index in [0.717, 1.165) is 0 Å². The van der Waals surface area contributed by atoms with E-state index in [9.17, 15) is 18.4 Å². The molecule has 0 fully saturated rings. The number of hydrogen-bond acceptors (Lipinski definition) is 6. The molecule has 162 valence electrons. The SMILES string of the molecule is C[C@@H](F)C[C@](C)(CNc1ncc(-n2cc(C(N)=O)ccc2=O)cn1)c1ncccc1F. The molecular weight excluding hydrogens is 406 g/mol. The van der Waals surface area contributed by atoms with Crippen molar-refractivity contribution < 1.29 is 13.6 Å². The summed E-state index contributed by atoms with van der Waals surface area (Å²) in [7, 11) is 0. The molecule has 0 aliphatic carbocycles. The molecule has 2 atom stereocenters. The summed E-state index contributed by atoms with van der Waals surface area (Å²) in [6, 6.07) is 5.31. The van der Waals surface area contributed by atoms with Gasteiger partial charge in [-0.2, -0.15) is 0 Å².